The number of rotatable bonds is 1. The Bertz CT molecular complexity index is 1050. The molecule has 4 heterocycles. The van der Waals surface area contributed by atoms with Crippen molar-refractivity contribution < 1.29 is 9.53 Å². The Kier molecular flexibility index (Phi) is 3.74. The van der Waals surface area contributed by atoms with Crippen molar-refractivity contribution in [2.24, 2.45) is 0 Å². The lowest BCUT2D eigenvalue weighted by atomic mass is 10.3. The molecule has 3 aromatic rings. The number of carbonyl (C=O) groups is 1. The third-order valence-corrected chi connectivity index (χ3v) is 3.80. The lowest BCUT2D eigenvalue weighted by molar-refractivity contribution is 0.0948. The minimum absolute atomic E-state index is 0.213. The van der Waals surface area contributed by atoms with Crippen LogP contribution in [0.4, 0.5) is 17.5 Å². The SMILES string of the molecule is CNc1cc2nc3c(cnn13)C(=O)NCCOc1cc(C#N)cc(n1)N2. The predicted octanol–water partition coefficient (Wildman–Crippen LogP) is 0.903. The number of nitrogens with one attached hydrogen (secondary N) is 3. The number of fused-ring (bicyclic) bond motifs is 3. The first-order chi connectivity index (χ1) is 12.7. The molecule has 3 N–H and O–H groups in total. The Hall–Kier alpha value is -3.87. The summed E-state index contributed by atoms with van der Waals surface area (Å²) in [6, 6.07) is 6.93. The topological polar surface area (TPSA) is 129 Å². The van der Waals surface area contributed by atoms with Crippen LogP contribution in [0, 0.1) is 11.3 Å². The van der Waals surface area contributed by atoms with Gasteiger partial charge in [0.05, 0.1) is 24.4 Å². The van der Waals surface area contributed by atoms with Gasteiger partial charge in [-0.3, -0.25) is 4.79 Å². The van der Waals surface area contributed by atoms with Crippen molar-refractivity contribution in [3.8, 4) is 11.9 Å². The van der Waals surface area contributed by atoms with Gasteiger partial charge in [-0.1, -0.05) is 0 Å². The van der Waals surface area contributed by atoms with E-state index in [9.17, 15) is 10.1 Å². The summed E-state index contributed by atoms with van der Waals surface area (Å²) in [5.74, 6) is 1.49. The average Bonchev–Trinajstić information content (AvgIpc) is 3.07. The molecule has 1 amide bonds. The van der Waals surface area contributed by atoms with Gasteiger partial charge >= 0.3 is 0 Å². The lowest BCUT2D eigenvalue weighted by Gasteiger charge is -2.10. The standard InChI is InChI=1S/C16H14N8O2/c1-18-13-6-12-21-11-4-9(7-17)5-14(22-11)26-3-2-19-16(25)10-8-20-24(13)15(10)23-12/h4-6,8,18H,2-3H2,1H3,(H,19,25)(H,21,22,23). The Labute approximate surface area is 147 Å². The van der Waals surface area contributed by atoms with Gasteiger partial charge in [0.25, 0.3) is 5.91 Å². The Morgan fingerprint density at radius 3 is 2.96 bits per heavy atom. The third-order valence-electron chi connectivity index (χ3n) is 3.80. The number of anilines is 3. The van der Waals surface area contributed by atoms with E-state index < -0.39 is 0 Å². The number of pyridine rings is 1. The number of amides is 1. The first-order valence-electron chi connectivity index (χ1n) is 7.84. The van der Waals surface area contributed by atoms with E-state index in [0.717, 1.165) is 0 Å². The van der Waals surface area contributed by atoms with Crippen LogP contribution in [0.25, 0.3) is 5.65 Å². The van der Waals surface area contributed by atoms with E-state index in [0.29, 0.717) is 34.2 Å². The number of nitrogens with zero attached hydrogens (tertiary/aromatic N) is 5. The Balaban J connectivity index is 1.89. The van der Waals surface area contributed by atoms with Crippen molar-refractivity contribution >= 4 is 29.0 Å². The van der Waals surface area contributed by atoms with Gasteiger partial charge in [-0.05, 0) is 6.07 Å². The summed E-state index contributed by atoms with van der Waals surface area (Å²) in [7, 11) is 1.74. The van der Waals surface area contributed by atoms with E-state index >= 15 is 0 Å². The van der Waals surface area contributed by atoms with Crippen LogP contribution in [0.15, 0.2) is 24.4 Å². The molecule has 0 fully saturated rings. The van der Waals surface area contributed by atoms with Crippen molar-refractivity contribution in [1.29, 1.82) is 5.26 Å². The number of hydrogen-bond acceptors (Lipinski definition) is 8. The molecule has 10 heteroatoms. The van der Waals surface area contributed by atoms with E-state index in [2.05, 4.69) is 37.1 Å². The number of nitriles is 1. The summed E-state index contributed by atoms with van der Waals surface area (Å²) in [4.78, 5) is 21.2. The largest absolute Gasteiger partial charge is 0.476 e. The van der Waals surface area contributed by atoms with E-state index in [1.165, 1.54) is 12.3 Å². The molecule has 26 heavy (non-hydrogen) atoms. The number of aromatic nitrogens is 4. The minimum atomic E-state index is -0.299. The molecule has 1 aliphatic rings. The fourth-order valence-corrected chi connectivity index (χ4v) is 2.62. The molecule has 4 rings (SSSR count). The van der Waals surface area contributed by atoms with Gasteiger partial charge < -0.3 is 20.7 Å². The molecule has 0 spiro atoms. The number of carbonyl (C=O) groups excluding carboxylic acids is 1. The van der Waals surface area contributed by atoms with Crippen molar-refractivity contribution in [3.63, 3.8) is 0 Å². The van der Waals surface area contributed by atoms with Crippen LogP contribution in [0.5, 0.6) is 5.88 Å². The molecule has 1 aliphatic heterocycles. The van der Waals surface area contributed by atoms with Crippen LogP contribution >= 0.6 is 0 Å². The molecule has 3 aromatic heterocycles. The van der Waals surface area contributed by atoms with Crippen molar-refractivity contribution in [2.45, 2.75) is 0 Å². The van der Waals surface area contributed by atoms with E-state index in [1.54, 1.807) is 23.7 Å². The first kappa shape index (κ1) is 15.6. The smallest absolute Gasteiger partial charge is 0.256 e. The third kappa shape index (κ3) is 2.71. The van der Waals surface area contributed by atoms with Crippen molar-refractivity contribution in [2.75, 3.05) is 30.8 Å². The van der Waals surface area contributed by atoms with Crippen LogP contribution in [-0.2, 0) is 0 Å². The Morgan fingerprint density at radius 1 is 1.31 bits per heavy atom. The maximum absolute atomic E-state index is 12.4. The molecular weight excluding hydrogens is 336 g/mol. The summed E-state index contributed by atoms with van der Waals surface area (Å²) >= 11 is 0. The zero-order valence-corrected chi connectivity index (χ0v) is 13.8. The fraction of sp³-hybridized carbons (Fsp3) is 0.188. The first-order valence-corrected chi connectivity index (χ1v) is 7.84. The zero-order chi connectivity index (χ0) is 18.1. The second kappa shape index (κ2) is 6.21. The minimum Gasteiger partial charge on any atom is -0.476 e. The quantitative estimate of drug-likeness (QED) is 0.590. The highest BCUT2D eigenvalue weighted by Crippen LogP contribution is 2.23. The maximum atomic E-state index is 12.4. The highest BCUT2D eigenvalue weighted by Gasteiger charge is 2.18. The van der Waals surface area contributed by atoms with Gasteiger partial charge in [-0.25, -0.2) is 4.98 Å². The van der Waals surface area contributed by atoms with Crippen molar-refractivity contribution in [3.05, 3.63) is 35.5 Å². The van der Waals surface area contributed by atoms with Crippen LogP contribution in [0.1, 0.15) is 15.9 Å². The molecule has 0 saturated carbocycles. The summed E-state index contributed by atoms with van der Waals surface area (Å²) in [6.07, 6.45) is 1.47. The predicted molar refractivity (Wildman–Crippen MR) is 92.6 cm³/mol. The molecule has 10 nitrogen and oxygen atoms in total. The highest BCUT2D eigenvalue weighted by atomic mass is 16.5. The van der Waals surface area contributed by atoms with Gasteiger partial charge in [-0.15, -0.1) is 0 Å². The molecule has 0 saturated heterocycles. The lowest BCUT2D eigenvalue weighted by Crippen LogP contribution is -2.28. The summed E-state index contributed by atoms with van der Waals surface area (Å²) in [5, 5.41) is 22.3. The normalized spacial score (nSPS) is 13.5. The fourth-order valence-electron chi connectivity index (χ4n) is 2.62. The highest BCUT2D eigenvalue weighted by molar-refractivity contribution is 6.00. The van der Waals surface area contributed by atoms with E-state index in [1.807, 2.05) is 0 Å². The van der Waals surface area contributed by atoms with Crippen LogP contribution < -0.4 is 20.7 Å². The molecular formula is C16H14N8O2. The maximum Gasteiger partial charge on any atom is 0.256 e. The Morgan fingerprint density at radius 2 is 2.15 bits per heavy atom. The second-order valence-electron chi connectivity index (χ2n) is 5.49. The van der Waals surface area contributed by atoms with Gasteiger partial charge in [0.1, 0.15) is 29.6 Å². The van der Waals surface area contributed by atoms with Gasteiger partial charge in [0.2, 0.25) is 5.88 Å². The van der Waals surface area contributed by atoms with Gasteiger partial charge in [-0.2, -0.15) is 19.9 Å². The molecule has 0 aliphatic carbocycles. The monoisotopic (exact) mass is 350 g/mol. The molecule has 0 aromatic carbocycles. The molecule has 4 bridgehead atoms. The second-order valence-corrected chi connectivity index (χ2v) is 5.49. The molecule has 0 unspecified atom stereocenters. The van der Waals surface area contributed by atoms with E-state index in [4.69, 9.17) is 4.74 Å². The summed E-state index contributed by atoms with van der Waals surface area (Å²) < 4.78 is 7.08. The average molecular weight is 350 g/mol. The summed E-state index contributed by atoms with van der Waals surface area (Å²) in [6.45, 7) is 0.486. The number of hydrogen-bond donors (Lipinski definition) is 3. The molecule has 0 atom stereocenters. The zero-order valence-electron chi connectivity index (χ0n) is 13.8. The van der Waals surface area contributed by atoms with Crippen molar-refractivity contribution in [1.82, 2.24) is 24.9 Å². The number of ether oxygens (including phenoxy) is 1. The van der Waals surface area contributed by atoms with Crippen LogP contribution in [-0.4, -0.2) is 45.7 Å². The molecule has 130 valence electrons. The molecule has 0 radical (unpaired) electrons. The van der Waals surface area contributed by atoms with Crippen LogP contribution in [0.2, 0.25) is 0 Å². The van der Waals surface area contributed by atoms with Gasteiger partial charge in [0, 0.05) is 19.2 Å². The van der Waals surface area contributed by atoms with E-state index in [-0.39, 0.29) is 24.9 Å². The van der Waals surface area contributed by atoms with Crippen LogP contribution in [0.3, 0.4) is 0 Å². The summed E-state index contributed by atoms with van der Waals surface area (Å²) in [5.41, 5.74) is 1.15. The van der Waals surface area contributed by atoms with Gasteiger partial charge in [0.15, 0.2) is 5.65 Å².